The highest BCUT2D eigenvalue weighted by Gasteiger charge is 2.27. The van der Waals surface area contributed by atoms with E-state index in [0.29, 0.717) is 12.3 Å². The third-order valence-corrected chi connectivity index (χ3v) is 3.89. The number of nitrogens with zero attached hydrogens (tertiary/aromatic N) is 2. The molecular formula is C16H24N2O. The molecule has 1 amide bonds. The van der Waals surface area contributed by atoms with Gasteiger partial charge >= 0.3 is 0 Å². The molecule has 2 heterocycles. The molecule has 1 aliphatic heterocycles. The fourth-order valence-electron chi connectivity index (χ4n) is 2.82. The molecule has 1 atom stereocenters. The summed E-state index contributed by atoms with van der Waals surface area (Å²) in [6.07, 6.45) is 11.1. The average Bonchev–Trinajstić information content (AvgIpc) is 2.48. The number of carbonyl (C=O) groups excluding carboxylic acids is 1. The number of pyridine rings is 1. The summed E-state index contributed by atoms with van der Waals surface area (Å²) in [5, 5.41) is 0. The SMILES string of the molecule is CCCCCC(=O)N1CCCCC1c1cccnc1. The predicted molar refractivity (Wildman–Crippen MR) is 76.7 cm³/mol. The van der Waals surface area contributed by atoms with E-state index >= 15 is 0 Å². The highest BCUT2D eigenvalue weighted by Crippen LogP contribution is 2.31. The Kier molecular flexibility index (Phi) is 5.37. The number of hydrogen-bond acceptors (Lipinski definition) is 2. The summed E-state index contributed by atoms with van der Waals surface area (Å²) >= 11 is 0. The van der Waals surface area contributed by atoms with Gasteiger partial charge in [-0.25, -0.2) is 0 Å². The van der Waals surface area contributed by atoms with E-state index < -0.39 is 0 Å². The molecule has 1 aromatic rings. The van der Waals surface area contributed by atoms with Crippen molar-refractivity contribution in [1.29, 1.82) is 0 Å². The van der Waals surface area contributed by atoms with Crippen LogP contribution in [0.1, 0.15) is 63.5 Å². The van der Waals surface area contributed by atoms with Crippen molar-refractivity contribution in [2.75, 3.05) is 6.54 Å². The molecule has 0 aliphatic carbocycles. The maximum atomic E-state index is 12.4. The molecule has 3 heteroatoms. The maximum Gasteiger partial charge on any atom is 0.223 e. The van der Waals surface area contributed by atoms with Gasteiger partial charge < -0.3 is 4.90 Å². The summed E-state index contributed by atoms with van der Waals surface area (Å²) in [6.45, 7) is 3.08. The van der Waals surface area contributed by atoms with Crippen LogP contribution in [0, 0.1) is 0 Å². The van der Waals surface area contributed by atoms with Crippen molar-refractivity contribution in [3.63, 3.8) is 0 Å². The van der Waals surface area contributed by atoms with Gasteiger partial charge in [-0.05, 0) is 37.3 Å². The first-order valence-electron chi connectivity index (χ1n) is 7.52. The monoisotopic (exact) mass is 260 g/mol. The number of piperidine rings is 1. The van der Waals surface area contributed by atoms with Gasteiger partial charge in [0.25, 0.3) is 0 Å². The Balaban J connectivity index is 2.01. The minimum Gasteiger partial charge on any atom is -0.336 e. The molecule has 3 nitrogen and oxygen atoms in total. The largest absolute Gasteiger partial charge is 0.336 e. The number of carbonyl (C=O) groups is 1. The molecule has 1 fully saturated rings. The van der Waals surface area contributed by atoms with Crippen molar-refractivity contribution in [3.05, 3.63) is 30.1 Å². The van der Waals surface area contributed by atoms with Gasteiger partial charge in [0, 0.05) is 25.4 Å². The molecule has 0 aromatic carbocycles. The molecule has 0 radical (unpaired) electrons. The van der Waals surface area contributed by atoms with E-state index in [1.807, 2.05) is 12.3 Å². The molecule has 19 heavy (non-hydrogen) atoms. The van der Waals surface area contributed by atoms with Crippen molar-refractivity contribution >= 4 is 5.91 Å². The zero-order valence-corrected chi connectivity index (χ0v) is 11.8. The Morgan fingerprint density at radius 2 is 2.32 bits per heavy atom. The summed E-state index contributed by atoms with van der Waals surface area (Å²) in [6, 6.07) is 4.30. The minimum absolute atomic E-state index is 0.247. The Bertz CT molecular complexity index is 391. The zero-order valence-electron chi connectivity index (χ0n) is 11.8. The normalized spacial score (nSPS) is 19.4. The third kappa shape index (κ3) is 3.79. The van der Waals surface area contributed by atoms with E-state index in [4.69, 9.17) is 0 Å². The highest BCUT2D eigenvalue weighted by molar-refractivity contribution is 5.76. The lowest BCUT2D eigenvalue weighted by Gasteiger charge is -2.36. The van der Waals surface area contributed by atoms with Crippen molar-refractivity contribution < 1.29 is 4.79 Å². The number of hydrogen-bond donors (Lipinski definition) is 0. The molecule has 1 saturated heterocycles. The number of rotatable bonds is 5. The fraction of sp³-hybridized carbons (Fsp3) is 0.625. The van der Waals surface area contributed by atoms with Gasteiger partial charge in [0.2, 0.25) is 5.91 Å². The molecule has 1 aromatic heterocycles. The van der Waals surface area contributed by atoms with Gasteiger partial charge in [0.1, 0.15) is 0 Å². The lowest BCUT2D eigenvalue weighted by molar-refractivity contribution is -0.135. The van der Waals surface area contributed by atoms with Gasteiger partial charge in [-0.1, -0.05) is 25.8 Å². The van der Waals surface area contributed by atoms with E-state index in [0.717, 1.165) is 32.2 Å². The molecule has 0 saturated carbocycles. The van der Waals surface area contributed by atoms with Gasteiger partial charge in [0.15, 0.2) is 0 Å². The number of aromatic nitrogens is 1. The molecule has 0 N–H and O–H groups in total. The molecule has 2 rings (SSSR count). The number of likely N-dealkylation sites (tertiary alicyclic amines) is 1. The second kappa shape index (κ2) is 7.27. The Morgan fingerprint density at radius 1 is 1.42 bits per heavy atom. The molecule has 0 bridgehead atoms. The first-order valence-corrected chi connectivity index (χ1v) is 7.52. The third-order valence-electron chi connectivity index (χ3n) is 3.89. The molecule has 104 valence electrons. The summed E-state index contributed by atoms with van der Waals surface area (Å²) in [5.74, 6) is 0.321. The van der Waals surface area contributed by atoms with E-state index in [9.17, 15) is 4.79 Å². The van der Waals surface area contributed by atoms with Crippen molar-refractivity contribution in [1.82, 2.24) is 9.88 Å². The summed E-state index contributed by atoms with van der Waals surface area (Å²) < 4.78 is 0. The van der Waals surface area contributed by atoms with Gasteiger partial charge in [-0.3, -0.25) is 9.78 Å². The topological polar surface area (TPSA) is 33.2 Å². The van der Waals surface area contributed by atoms with E-state index in [2.05, 4.69) is 22.9 Å². The van der Waals surface area contributed by atoms with Crippen LogP contribution in [0.5, 0.6) is 0 Å². The number of amides is 1. The van der Waals surface area contributed by atoms with Crippen molar-refractivity contribution in [2.45, 2.75) is 57.9 Å². The summed E-state index contributed by atoms with van der Waals surface area (Å²) in [5.41, 5.74) is 1.19. The second-order valence-corrected chi connectivity index (χ2v) is 5.34. The summed E-state index contributed by atoms with van der Waals surface area (Å²) in [7, 11) is 0. The number of unbranched alkanes of at least 4 members (excludes halogenated alkanes) is 2. The van der Waals surface area contributed by atoms with Crippen LogP contribution in [-0.2, 0) is 4.79 Å². The van der Waals surface area contributed by atoms with Crippen molar-refractivity contribution in [3.8, 4) is 0 Å². The van der Waals surface area contributed by atoms with Crippen LogP contribution in [0.15, 0.2) is 24.5 Å². The van der Waals surface area contributed by atoms with Gasteiger partial charge in [-0.15, -0.1) is 0 Å². The lowest BCUT2D eigenvalue weighted by Crippen LogP contribution is -2.38. The smallest absolute Gasteiger partial charge is 0.223 e. The Hall–Kier alpha value is -1.38. The molecule has 1 aliphatic rings. The van der Waals surface area contributed by atoms with Crippen LogP contribution in [0.4, 0.5) is 0 Å². The Labute approximate surface area is 116 Å². The Morgan fingerprint density at radius 3 is 3.05 bits per heavy atom. The van der Waals surface area contributed by atoms with Crippen LogP contribution in [0.2, 0.25) is 0 Å². The van der Waals surface area contributed by atoms with Crippen LogP contribution in [0.25, 0.3) is 0 Å². The van der Waals surface area contributed by atoms with Crippen LogP contribution >= 0.6 is 0 Å². The van der Waals surface area contributed by atoms with Crippen LogP contribution < -0.4 is 0 Å². The van der Waals surface area contributed by atoms with E-state index in [1.54, 1.807) is 6.20 Å². The molecule has 0 spiro atoms. The van der Waals surface area contributed by atoms with Crippen LogP contribution in [-0.4, -0.2) is 22.3 Å². The van der Waals surface area contributed by atoms with Crippen LogP contribution in [0.3, 0.4) is 0 Å². The average molecular weight is 260 g/mol. The summed E-state index contributed by atoms with van der Waals surface area (Å²) in [4.78, 5) is 18.6. The first-order chi connectivity index (χ1) is 9.33. The highest BCUT2D eigenvalue weighted by atomic mass is 16.2. The molecular weight excluding hydrogens is 236 g/mol. The van der Waals surface area contributed by atoms with E-state index in [-0.39, 0.29) is 6.04 Å². The van der Waals surface area contributed by atoms with Crippen molar-refractivity contribution in [2.24, 2.45) is 0 Å². The van der Waals surface area contributed by atoms with Gasteiger partial charge in [-0.2, -0.15) is 0 Å². The quantitative estimate of drug-likeness (QED) is 0.756. The second-order valence-electron chi connectivity index (χ2n) is 5.34. The predicted octanol–water partition coefficient (Wildman–Crippen LogP) is 3.72. The standard InChI is InChI=1S/C16H24N2O/c1-2-3-4-10-16(19)18-12-6-5-9-15(18)14-8-7-11-17-13-14/h7-8,11,13,15H,2-6,9-10,12H2,1H3. The first kappa shape index (κ1) is 14.0. The molecule has 1 unspecified atom stereocenters. The van der Waals surface area contributed by atoms with E-state index in [1.165, 1.54) is 18.4 Å². The zero-order chi connectivity index (χ0) is 13.5. The lowest BCUT2D eigenvalue weighted by atomic mass is 9.96. The fourth-order valence-corrected chi connectivity index (χ4v) is 2.82. The van der Waals surface area contributed by atoms with Gasteiger partial charge in [0.05, 0.1) is 6.04 Å². The minimum atomic E-state index is 0.247. The maximum absolute atomic E-state index is 12.4.